The van der Waals surface area contributed by atoms with Crippen molar-refractivity contribution in [3.8, 4) is 5.75 Å². The normalized spacial score (nSPS) is 10.0. The Morgan fingerprint density at radius 3 is 2.27 bits per heavy atom. The number of aromatic nitrogens is 1. The van der Waals surface area contributed by atoms with Crippen LogP contribution in [0.1, 0.15) is 11.1 Å². The van der Waals surface area contributed by atoms with Gasteiger partial charge in [-0.2, -0.15) is 0 Å². The number of methoxy groups -OCH3 is 1. The van der Waals surface area contributed by atoms with Crippen LogP contribution in [0.4, 0.5) is 0 Å². The number of fused-ring (bicyclic) bond motifs is 1. The van der Waals surface area contributed by atoms with Crippen LogP contribution in [-0.4, -0.2) is 34.2 Å². The number of carboxylic acid groups (broad SMARTS) is 2. The van der Waals surface area contributed by atoms with Gasteiger partial charge in [-0.05, 0) is 29.3 Å². The highest BCUT2D eigenvalue weighted by atomic mass is 16.5. The van der Waals surface area contributed by atoms with Crippen LogP contribution < -0.4 is 10.1 Å². The molecule has 0 fully saturated rings. The number of aliphatic carboxylic acids is 2. The molecule has 0 atom stereocenters. The van der Waals surface area contributed by atoms with Gasteiger partial charge in [0.1, 0.15) is 5.75 Å². The number of carbonyl (C=O) groups is 2. The molecule has 136 valence electrons. The Bertz CT molecular complexity index is 859. The molecule has 7 nitrogen and oxygen atoms in total. The second kappa shape index (κ2) is 9.24. The summed E-state index contributed by atoms with van der Waals surface area (Å²) in [4.78, 5) is 21.5. The van der Waals surface area contributed by atoms with Gasteiger partial charge in [0.25, 0.3) is 0 Å². The Labute approximate surface area is 150 Å². The first-order chi connectivity index (χ1) is 12.5. The smallest absolute Gasteiger partial charge is 0.414 e. The number of nitrogens with one attached hydrogen (secondary N) is 2. The van der Waals surface area contributed by atoms with E-state index in [2.05, 4.69) is 46.8 Å². The highest BCUT2D eigenvalue weighted by Gasteiger charge is 2.04. The molecule has 0 aliphatic rings. The fourth-order valence-corrected chi connectivity index (χ4v) is 2.36. The summed E-state index contributed by atoms with van der Waals surface area (Å²) in [5.74, 6) is -2.75. The fourth-order valence-electron chi connectivity index (χ4n) is 2.36. The molecule has 3 rings (SSSR count). The van der Waals surface area contributed by atoms with E-state index in [1.807, 2.05) is 18.2 Å². The molecule has 0 aliphatic heterocycles. The van der Waals surface area contributed by atoms with E-state index in [1.165, 1.54) is 22.0 Å². The van der Waals surface area contributed by atoms with Gasteiger partial charge < -0.3 is 25.3 Å². The van der Waals surface area contributed by atoms with Gasteiger partial charge in [-0.25, -0.2) is 9.59 Å². The van der Waals surface area contributed by atoms with Gasteiger partial charge in [-0.15, -0.1) is 0 Å². The van der Waals surface area contributed by atoms with E-state index < -0.39 is 11.9 Å². The largest absolute Gasteiger partial charge is 0.497 e. The lowest BCUT2D eigenvalue weighted by molar-refractivity contribution is -0.159. The molecule has 0 unspecified atom stereocenters. The molecule has 0 bridgehead atoms. The van der Waals surface area contributed by atoms with Crippen LogP contribution in [-0.2, 0) is 22.7 Å². The summed E-state index contributed by atoms with van der Waals surface area (Å²) in [6.07, 6.45) is 2.08. The van der Waals surface area contributed by atoms with Gasteiger partial charge in [0.05, 0.1) is 7.11 Å². The van der Waals surface area contributed by atoms with Crippen LogP contribution in [0.15, 0.2) is 54.7 Å². The van der Waals surface area contributed by atoms with Crippen molar-refractivity contribution in [2.45, 2.75) is 13.1 Å². The SMILES string of the molecule is COc1ccc(CNCc2c[nH]c3ccccc23)cc1.O=C(O)C(=O)O. The second-order valence-electron chi connectivity index (χ2n) is 5.42. The summed E-state index contributed by atoms with van der Waals surface area (Å²) in [6.45, 7) is 1.71. The minimum atomic E-state index is -1.82. The average Bonchev–Trinajstić information content (AvgIpc) is 3.06. The number of hydrogen-bond donors (Lipinski definition) is 4. The molecule has 0 saturated carbocycles. The number of rotatable bonds is 5. The van der Waals surface area contributed by atoms with Gasteiger partial charge in [-0.3, -0.25) is 0 Å². The third kappa shape index (κ3) is 5.35. The van der Waals surface area contributed by atoms with Gasteiger partial charge in [0, 0.05) is 30.2 Å². The van der Waals surface area contributed by atoms with E-state index in [0.29, 0.717) is 0 Å². The van der Waals surface area contributed by atoms with Crippen molar-refractivity contribution in [3.63, 3.8) is 0 Å². The highest BCUT2D eigenvalue weighted by molar-refractivity contribution is 6.27. The van der Waals surface area contributed by atoms with E-state index in [4.69, 9.17) is 24.5 Å². The molecule has 0 radical (unpaired) electrons. The number of para-hydroxylation sites is 1. The Morgan fingerprint density at radius 1 is 1.00 bits per heavy atom. The van der Waals surface area contributed by atoms with Crippen molar-refractivity contribution < 1.29 is 24.5 Å². The maximum Gasteiger partial charge on any atom is 0.414 e. The lowest BCUT2D eigenvalue weighted by atomic mass is 10.1. The van der Waals surface area contributed by atoms with Crippen LogP contribution in [0.5, 0.6) is 5.75 Å². The zero-order valence-corrected chi connectivity index (χ0v) is 14.2. The molecular weight excluding hydrogens is 336 g/mol. The Kier molecular flexibility index (Phi) is 6.75. The average molecular weight is 356 g/mol. The Morgan fingerprint density at radius 2 is 1.65 bits per heavy atom. The number of carboxylic acids is 2. The summed E-state index contributed by atoms with van der Waals surface area (Å²) < 4.78 is 5.16. The van der Waals surface area contributed by atoms with E-state index in [1.54, 1.807) is 7.11 Å². The standard InChI is InChI=1S/C17H18N2O.C2H2O4/c1-20-15-8-6-13(7-9-15)10-18-11-14-12-19-17-5-3-2-4-16(14)17;3-1(4)2(5)6/h2-9,12,18-19H,10-11H2,1H3;(H,3,4)(H,5,6). The third-order valence-electron chi connectivity index (χ3n) is 3.66. The molecule has 0 spiro atoms. The summed E-state index contributed by atoms with van der Waals surface area (Å²) >= 11 is 0. The number of benzene rings is 2. The van der Waals surface area contributed by atoms with Crippen LogP contribution in [0, 0.1) is 0 Å². The Hall–Kier alpha value is -3.32. The maximum absolute atomic E-state index is 9.10. The van der Waals surface area contributed by atoms with Crippen molar-refractivity contribution in [2.24, 2.45) is 0 Å². The van der Waals surface area contributed by atoms with E-state index in [-0.39, 0.29) is 0 Å². The minimum Gasteiger partial charge on any atom is -0.497 e. The lowest BCUT2D eigenvalue weighted by Gasteiger charge is -2.05. The molecule has 4 N–H and O–H groups in total. The highest BCUT2D eigenvalue weighted by Crippen LogP contribution is 2.17. The van der Waals surface area contributed by atoms with Crippen molar-refractivity contribution in [1.82, 2.24) is 10.3 Å². The van der Waals surface area contributed by atoms with Crippen molar-refractivity contribution in [1.29, 1.82) is 0 Å². The van der Waals surface area contributed by atoms with Crippen molar-refractivity contribution in [3.05, 3.63) is 65.9 Å². The number of aromatic amines is 1. The van der Waals surface area contributed by atoms with Crippen LogP contribution in [0.25, 0.3) is 10.9 Å². The van der Waals surface area contributed by atoms with Crippen LogP contribution in [0.3, 0.4) is 0 Å². The van der Waals surface area contributed by atoms with Crippen LogP contribution >= 0.6 is 0 Å². The first kappa shape index (κ1) is 19.0. The molecule has 3 aromatic rings. The molecule has 0 amide bonds. The number of hydrogen-bond acceptors (Lipinski definition) is 4. The maximum atomic E-state index is 9.10. The molecule has 2 aromatic carbocycles. The summed E-state index contributed by atoms with van der Waals surface area (Å²) in [5, 5.41) is 19.5. The van der Waals surface area contributed by atoms with E-state index >= 15 is 0 Å². The van der Waals surface area contributed by atoms with Gasteiger partial charge >= 0.3 is 11.9 Å². The zero-order valence-electron chi connectivity index (χ0n) is 14.2. The molecular formula is C19H20N2O5. The first-order valence-corrected chi connectivity index (χ1v) is 7.86. The molecule has 26 heavy (non-hydrogen) atoms. The zero-order chi connectivity index (χ0) is 18.9. The summed E-state index contributed by atoms with van der Waals surface area (Å²) in [5.41, 5.74) is 3.74. The predicted molar refractivity (Wildman–Crippen MR) is 97.1 cm³/mol. The molecule has 7 heteroatoms. The summed E-state index contributed by atoms with van der Waals surface area (Å²) in [7, 11) is 1.68. The summed E-state index contributed by atoms with van der Waals surface area (Å²) in [6, 6.07) is 16.5. The molecule has 1 aromatic heterocycles. The minimum absolute atomic E-state index is 0.851. The number of H-pyrrole nitrogens is 1. The van der Waals surface area contributed by atoms with E-state index in [0.717, 1.165) is 18.8 Å². The second-order valence-corrected chi connectivity index (χ2v) is 5.42. The van der Waals surface area contributed by atoms with Crippen molar-refractivity contribution >= 4 is 22.8 Å². The Balaban J connectivity index is 0.000000352. The molecule has 0 saturated heterocycles. The molecule has 0 aliphatic carbocycles. The fraction of sp³-hybridized carbons (Fsp3) is 0.158. The van der Waals surface area contributed by atoms with Gasteiger partial charge in [0.2, 0.25) is 0 Å². The number of ether oxygens (including phenoxy) is 1. The predicted octanol–water partition coefficient (Wildman–Crippen LogP) is 2.62. The molecule has 1 heterocycles. The topological polar surface area (TPSA) is 112 Å². The van der Waals surface area contributed by atoms with Gasteiger partial charge in [-0.1, -0.05) is 30.3 Å². The van der Waals surface area contributed by atoms with Gasteiger partial charge in [0.15, 0.2) is 0 Å². The lowest BCUT2D eigenvalue weighted by Crippen LogP contribution is -2.12. The van der Waals surface area contributed by atoms with Crippen molar-refractivity contribution in [2.75, 3.05) is 7.11 Å². The van der Waals surface area contributed by atoms with Crippen LogP contribution in [0.2, 0.25) is 0 Å². The quantitative estimate of drug-likeness (QED) is 0.523. The first-order valence-electron chi connectivity index (χ1n) is 7.86. The van der Waals surface area contributed by atoms with E-state index in [9.17, 15) is 0 Å². The third-order valence-corrected chi connectivity index (χ3v) is 3.66. The monoisotopic (exact) mass is 356 g/mol.